The van der Waals surface area contributed by atoms with Gasteiger partial charge < -0.3 is 10.0 Å². The highest BCUT2D eigenvalue weighted by molar-refractivity contribution is 5.95. The topological polar surface area (TPSA) is 53.4 Å². The van der Waals surface area contributed by atoms with Crippen LogP contribution in [0.5, 0.6) is 0 Å². The Balaban J connectivity index is 2.25. The number of aliphatic hydroxyl groups excluding tert-OH is 1. The number of amides is 1. The molecule has 0 bridgehead atoms. The van der Waals surface area contributed by atoms with Gasteiger partial charge in [0, 0.05) is 38.0 Å². The third-order valence-corrected chi connectivity index (χ3v) is 3.19. The van der Waals surface area contributed by atoms with Crippen molar-refractivity contribution in [2.45, 2.75) is 12.6 Å². The highest BCUT2D eigenvalue weighted by Crippen LogP contribution is 2.32. The van der Waals surface area contributed by atoms with E-state index in [1.807, 2.05) is 0 Å². The first-order valence-corrected chi connectivity index (χ1v) is 5.85. The lowest BCUT2D eigenvalue weighted by Gasteiger charge is -2.19. The van der Waals surface area contributed by atoms with Gasteiger partial charge in [-0.15, -0.1) is 0 Å². The maximum atomic E-state index is 12.8. The van der Waals surface area contributed by atoms with Crippen molar-refractivity contribution in [3.8, 4) is 0 Å². The molecule has 1 aliphatic rings. The summed E-state index contributed by atoms with van der Waals surface area (Å²) in [4.78, 5) is 16.9. The molecule has 1 N–H and O–H groups in total. The maximum absolute atomic E-state index is 12.8. The lowest BCUT2D eigenvalue weighted by molar-refractivity contribution is -0.138. The van der Waals surface area contributed by atoms with E-state index in [2.05, 4.69) is 4.98 Å². The summed E-state index contributed by atoms with van der Waals surface area (Å²) in [5, 5.41) is 8.99. The Labute approximate surface area is 107 Å². The molecule has 0 saturated carbocycles. The minimum absolute atomic E-state index is 0.0554. The summed E-state index contributed by atoms with van der Waals surface area (Å²) in [6.07, 6.45) is -2.17. The van der Waals surface area contributed by atoms with E-state index >= 15 is 0 Å². The molecule has 1 aromatic rings. The third kappa shape index (κ3) is 2.86. The van der Waals surface area contributed by atoms with Crippen LogP contribution in [0.2, 0.25) is 0 Å². The average molecular weight is 274 g/mol. The first kappa shape index (κ1) is 13.8. The van der Waals surface area contributed by atoms with E-state index in [9.17, 15) is 18.0 Å². The molecule has 1 atom stereocenters. The molecule has 104 valence electrons. The summed E-state index contributed by atoms with van der Waals surface area (Å²) in [6.45, 7) is 0.588. The number of hydrogen-bond donors (Lipinski definition) is 1. The molecule has 2 rings (SSSR count). The average Bonchev–Trinajstić information content (AvgIpc) is 2.85. The molecular formula is C12H13F3N2O2. The predicted octanol–water partition coefficient (Wildman–Crippen LogP) is 1.55. The van der Waals surface area contributed by atoms with E-state index in [0.29, 0.717) is 19.2 Å². The number of carbonyl (C=O) groups excluding carboxylic acids is 1. The summed E-state index contributed by atoms with van der Waals surface area (Å²) >= 11 is 0. The lowest BCUT2D eigenvalue weighted by Crippen LogP contribution is -2.31. The molecule has 0 spiro atoms. The first-order valence-electron chi connectivity index (χ1n) is 5.85. The largest absolute Gasteiger partial charge is 0.418 e. The number of likely N-dealkylation sites (tertiary alicyclic amines) is 1. The van der Waals surface area contributed by atoms with Crippen molar-refractivity contribution in [1.29, 1.82) is 0 Å². The Morgan fingerprint density at radius 3 is 2.84 bits per heavy atom. The second-order valence-corrected chi connectivity index (χ2v) is 4.51. The van der Waals surface area contributed by atoms with Gasteiger partial charge in [-0.1, -0.05) is 0 Å². The van der Waals surface area contributed by atoms with Crippen molar-refractivity contribution in [2.75, 3.05) is 19.7 Å². The molecule has 0 aliphatic carbocycles. The Bertz CT molecular complexity index is 476. The van der Waals surface area contributed by atoms with Gasteiger partial charge in [-0.05, 0) is 12.5 Å². The summed E-state index contributed by atoms with van der Waals surface area (Å²) in [6, 6.07) is 1.08. The van der Waals surface area contributed by atoms with Crippen molar-refractivity contribution >= 4 is 5.91 Å². The quantitative estimate of drug-likeness (QED) is 0.890. The smallest absolute Gasteiger partial charge is 0.396 e. The Morgan fingerprint density at radius 1 is 1.53 bits per heavy atom. The second kappa shape index (κ2) is 5.16. The number of carbonyl (C=O) groups is 1. The molecule has 1 fully saturated rings. The van der Waals surface area contributed by atoms with Crippen LogP contribution in [-0.4, -0.2) is 40.6 Å². The van der Waals surface area contributed by atoms with Gasteiger partial charge in [-0.25, -0.2) is 0 Å². The zero-order chi connectivity index (χ0) is 14.0. The van der Waals surface area contributed by atoms with Gasteiger partial charge in [-0.3, -0.25) is 9.78 Å². The molecule has 1 saturated heterocycles. The fourth-order valence-corrected chi connectivity index (χ4v) is 2.14. The highest BCUT2D eigenvalue weighted by Gasteiger charge is 2.37. The number of hydrogen-bond acceptors (Lipinski definition) is 3. The Kier molecular flexibility index (Phi) is 3.75. The van der Waals surface area contributed by atoms with Crippen molar-refractivity contribution in [1.82, 2.24) is 9.88 Å². The number of alkyl halides is 3. The molecule has 1 amide bonds. The zero-order valence-corrected chi connectivity index (χ0v) is 10.0. The van der Waals surface area contributed by atoms with Crippen molar-refractivity contribution < 1.29 is 23.1 Å². The molecule has 0 radical (unpaired) electrons. The number of nitrogens with zero attached hydrogens (tertiary/aromatic N) is 2. The van der Waals surface area contributed by atoms with Crippen LogP contribution >= 0.6 is 0 Å². The first-order chi connectivity index (χ1) is 8.93. The van der Waals surface area contributed by atoms with E-state index < -0.39 is 17.6 Å². The van der Waals surface area contributed by atoms with Gasteiger partial charge >= 0.3 is 6.18 Å². The number of aromatic nitrogens is 1. The number of halogens is 3. The predicted molar refractivity (Wildman–Crippen MR) is 60.3 cm³/mol. The number of pyridine rings is 1. The summed E-state index contributed by atoms with van der Waals surface area (Å²) in [7, 11) is 0. The Hall–Kier alpha value is -1.63. The van der Waals surface area contributed by atoms with Crippen LogP contribution in [0.1, 0.15) is 22.3 Å². The van der Waals surface area contributed by atoms with Crippen LogP contribution in [0, 0.1) is 5.92 Å². The van der Waals surface area contributed by atoms with Gasteiger partial charge in [0.2, 0.25) is 0 Å². The van der Waals surface area contributed by atoms with Gasteiger partial charge in [0.15, 0.2) is 0 Å². The summed E-state index contributed by atoms with van der Waals surface area (Å²) in [5.74, 6) is -0.717. The van der Waals surface area contributed by atoms with Crippen LogP contribution in [0.15, 0.2) is 18.5 Å². The SMILES string of the molecule is O=C(c1ccncc1C(F)(F)F)N1CC[C@@H](CO)C1. The van der Waals surface area contributed by atoms with Crippen LogP contribution in [0.4, 0.5) is 13.2 Å². The fraction of sp³-hybridized carbons (Fsp3) is 0.500. The van der Waals surface area contributed by atoms with E-state index in [1.54, 1.807) is 0 Å². The number of aliphatic hydroxyl groups is 1. The normalized spacial score (nSPS) is 19.8. The monoisotopic (exact) mass is 274 g/mol. The third-order valence-electron chi connectivity index (χ3n) is 3.19. The standard InChI is InChI=1S/C12H13F3N2O2/c13-12(14,15)10-5-16-3-1-9(10)11(19)17-4-2-8(6-17)7-18/h1,3,5,8,18H,2,4,6-7H2/t8-/m1/s1. The summed E-state index contributed by atoms with van der Waals surface area (Å²) in [5.41, 5.74) is -1.41. The van der Waals surface area contributed by atoms with Gasteiger partial charge in [0.25, 0.3) is 5.91 Å². The molecule has 2 heterocycles. The molecular weight excluding hydrogens is 261 g/mol. The van der Waals surface area contributed by atoms with Crippen LogP contribution in [0.3, 0.4) is 0 Å². The van der Waals surface area contributed by atoms with Gasteiger partial charge in [0.05, 0.1) is 11.1 Å². The van der Waals surface area contributed by atoms with Crippen LogP contribution < -0.4 is 0 Å². The molecule has 7 heteroatoms. The van der Waals surface area contributed by atoms with Crippen LogP contribution in [0.25, 0.3) is 0 Å². The molecule has 4 nitrogen and oxygen atoms in total. The van der Waals surface area contributed by atoms with Crippen molar-refractivity contribution in [3.05, 3.63) is 29.6 Å². The molecule has 19 heavy (non-hydrogen) atoms. The van der Waals surface area contributed by atoms with E-state index in [4.69, 9.17) is 5.11 Å². The van der Waals surface area contributed by atoms with E-state index in [1.165, 1.54) is 11.1 Å². The van der Waals surface area contributed by atoms with E-state index in [0.717, 1.165) is 6.07 Å². The molecule has 0 aromatic carbocycles. The molecule has 1 aliphatic heterocycles. The number of rotatable bonds is 2. The van der Waals surface area contributed by atoms with E-state index in [-0.39, 0.29) is 24.6 Å². The summed E-state index contributed by atoms with van der Waals surface area (Å²) < 4.78 is 38.4. The van der Waals surface area contributed by atoms with Crippen LogP contribution in [-0.2, 0) is 6.18 Å². The zero-order valence-electron chi connectivity index (χ0n) is 10.0. The minimum Gasteiger partial charge on any atom is -0.396 e. The lowest BCUT2D eigenvalue weighted by atomic mass is 10.1. The van der Waals surface area contributed by atoms with Gasteiger partial charge in [-0.2, -0.15) is 13.2 Å². The van der Waals surface area contributed by atoms with Gasteiger partial charge in [0.1, 0.15) is 0 Å². The minimum atomic E-state index is -4.60. The van der Waals surface area contributed by atoms with Crippen molar-refractivity contribution in [2.24, 2.45) is 5.92 Å². The van der Waals surface area contributed by atoms with Crippen molar-refractivity contribution in [3.63, 3.8) is 0 Å². The molecule has 0 unspecified atom stereocenters. The Morgan fingerprint density at radius 2 is 2.26 bits per heavy atom. The molecule has 1 aromatic heterocycles. The highest BCUT2D eigenvalue weighted by atomic mass is 19.4. The second-order valence-electron chi connectivity index (χ2n) is 4.51. The maximum Gasteiger partial charge on any atom is 0.418 e. The fourth-order valence-electron chi connectivity index (χ4n) is 2.14.